The minimum atomic E-state index is 0.455. The number of benzene rings is 15. The Morgan fingerprint density at radius 1 is 0.325 bits per heavy atom. The molecule has 0 aliphatic rings. The first-order valence-corrected chi connectivity index (χ1v) is 42.0. The fourth-order valence-corrected chi connectivity index (χ4v) is 18.1. The number of thiazole rings is 1. The Morgan fingerprint density at radius 3 is 1.75 bits per heavy atom. The molecule has 0 aliphatic heterocycles. The Bertz CT molecular complexity index is 8530. The first-order valence-electron chi connectivity index (χ1n) is 41.2. The number of aromatic nitrogens is 18. The number of rotatable bonds is 12. The number of imidazole rings is 2. The van der Waals surface area contributed by atoms with Gasteiger partial charge < -0.3 is 4.42 Å². The van der Waals surface area contributed by atoms with E-state index in [1.807, 2.05) is 187 Å². The van der Waals surface area contributed by atoms with Crippen molar-refractivity contribution in [2.75, 3.05) is 0 Å². The summed E-state index contributed by atoms with van der Waals surface area (Å²) in [6.07, 6.45) is 13.0. The van der Waals surface area contributed by atoms with Crippen LogP contribution in [0.2, 0.25) is 0 Å². The van der Waals surface area contributed by atoms with Crippen LogP contribution in [0.15, 0.2) is 394 Å². The second-order valence-corrected chi connectivity index (χ2v) is 31.7. The predicted molar refractivity (Wildman–Crippen MR) is 503 cm³/mol. The maximum atomic E-state index is 6.17. The van der Waals surface area contributed by atoms with Gasteiger partial charge in [-0.1, -0.05) is 205 Å². The highest BCUT2D eigenvalue weighted by Crippen LogP contribution is 2.45. The fraction of sp³-hybridized carbons (Fsp3) is 0. The van der Waals surface area contributed by atoms with E-state index in [4.69, 9.17) is 49.4 Å². The van der Waals surface area contributed by atoms with Crippen LogP contribution >= 0.6 is 11.3 Å². The third-order valence-corrected chi connectivity index (χ3v) is 24.1. The van der Waals surface area contributed by atoms with Crippen LogP contribution in [0.25, 0.3) is 232 Å². The third-order valence-electron chi connectivity index (χ3n) is 23.0. The van der Waals surface area contributed by atoms with Crippen molar-refractivity contribution in [2.24, 2.45) is 0 Å². The highest BCUT2D eigenvalue weighted by Gasteiger charge is 2.25. The number of fused-ring (bicyclic) bond motifs is 9. The molecule has 0 amide bonds. The molecule has 0 aliphatic carbocycles. The van der Waals surface area contributed by atoms with Crippen molar-refractivity contribution in [2.45, 2.75) is 0 Å². The summed E-state index contributed by atoms with van der Waals surface area (Å²) in [6.45, 7) is 0. The van der Waals surface area contributed by atoms with Crippen molar-refractivity contribution >= 4 is 125 Å². The van der Waals surface area contributed by atoms with Crippen molar-refractivity contribution in [3.05, 3.63) is 389 Å². The van der Waals surface area contributed by atoms with Crippen molar-refractivity contribution in [3.8, 4) is 119 Å². The molecule has 0 saturated carbocycles. The number of hydrogen-bond acceptors (Lipinski definition) is 16. The summed E-state index contributed by atoms with van der Waals surface area (Å²) in [7, 11) is 0. The van der Waals surface area contributed by atoms with Crippen LogP contribution in [-0.4, -0.2) is 88.6 Å². The lowest BCUT2D eigenvalue weighted by Crippen LogP contribution is -2.02. The Kier molecular flexibility index (Phi) is 17.5. The zero-order chi connectivity index (χ0) is 83.1. The summed E-state index contributed by atoms with van der Waals surface area (Å²) >= 11 is 1.69. The Balaban J connectivity index is 0.000000106. The Morgan fingerprint density at radius 2 is 0.960 bits per heavy atom. The van der Waals surface area contributed by atoms with Gasteiger partial charge in [0.25, 0.3) is 0 Å². The van der Waals surface area contributed by atoms with Gasteiger partial charge in [-0.05, 0) is 222 Å². The van der Waals surface area contributed by atoms with E-state index in [0.29, 0.717) is 57.4 Å². The standard InChI is InChI=1S/C39H23N7.C34H21N5O.C33H20N6S/c1-2-10-27(11-3-1)46-34-13-5-4-12-30(34)43-38(46)32-22-31(33-23-45-21-7-20-40-39(45)44-33)41-37(42-32)29-19-17-26-15-14-24-8-6-9-25-16-18-28(29)36(26)35(24)25;1-2-12-25(13-3-1)39-21-35-33(38-39)29-19-24(20-30(36-29)34-37-28-16-8-9-17-31(28)40-34)32-26-14-6-4-10-22(26)18-23-11-5-7-15-27(23)32;1-2-9-25(10-3-1)39-20-29(37-38-39)23-16-22(17-24(18-23)33-36-28-12-4-5-13-30(28)40-33)27-19-21-8-6-14-34-31(21)32-26(27)11-7-15-35-32/h1-23H;1-21H;1-20H. The van der Waals surface area contributed by atoms with Gasteiger partial charge in [-0.3, -0.25) is 18.9 Å². The van der Waals surface area contributed by atoms with Gasteiger partial charge in [0.1, 0.15) is 45.3 Å². The van der Waals surface area contributed by atoms with Crippen molar-refractivity contribution in [1.82, 2.24) is 88.6 Å². The number of para-hydroxylation sites is 8. The highest BCUT2D eigenvalue weighted by atomic mass is 32.1. The summed E-state index contributed by atoms with van der Waals surface area (Å²) in [5, 5.41) is 28.7. The molecule has 0 atom stereocenters. The van der Waals surface area contributed by atoms with Crippen LogP contribution in [-0.2, 0) is 0 Å². The van der Waals surface area contributed by atoms with Crippen LogP contribution < -0.4 is 0 Å². The molecular weight excluding hydrogens is 1570 g/mol. The van der Waals surface area contributed by atoms with Crippen LogP contribution in [0.3, 0.4) is 0 Å². The zero-order valence-corrected chi connectivity index (χ0v) is 67.6. The summed E-state index contributed by atoms with van der Waals surface area (Å²) in [5.74, 6) is 2.93. The van der Waals surface area contributed by atoms with E-state index in [1.165, 1.54) is 37.7 Å². The van der Waals surface area contributed by atoms with Crippen molar-refractivity contribution in [3.63, 3.8) is 0 Å². The quantitative estimate of drug-likeness (QED) is 0.0822. The molecule has 0 saturated heterocycles. The topological polar surface area (TPSA) is 213 Å². The van der Waals surface area contributed by atoms with Gasteiger partial charge >= 0.3 is 0 Å². The number of hydrogen-bond donors (Lipinski definition) is 0. The van der Waals surface area contributed by atoms with Crippen LogP contribution in [0, 0.1) is 0 Å². The van der Waals surface area contributed by atoms with Gasteiger partial charge in [0, 0.05) is 64.1 Å². The summed E-state index contributed by atoms with van der Waals surface area (Å²) in [4.78, 5) is 53.6. The average molecular weight is 1640 g/mol. The monoisotopic (exact) mass is 1640 g/mol. The molecular formula is C106H64N18OS. The van der Waals surface area contributed by atoms with E-state index in [2.05, 4.69) is 224 Å². The van der Waals surface area contributed by atoms with Gasteiger partial charge in [0.05, 0.1) is 55.5 Å². The van der Waals surface area contributed by atoms with Crippen LogP contribution in [0.5, 0.6) is 0 Å². The average Bonchev–Trinajstić information content (AvgIpc) is 0.919. The lowest BCUT2D eigenvalue weighted by molar-refractivity contribution is 0.617. The van der Waals surface area contributed by atoms with E-state index in [0.717, 1.165) is 137 Å². The maximum Gasteiger partial charge on any atom is 0.246 e. The molecule has 0 radical (unpaired) electrons. The highest BCUT2D eigenvalue weighted by molar-refractivity contribution is 7.21. The summed E-state index contributed by atoms with van der Waals surface area (Å²) < 4.78 is 15.0. The lowest BCUT2D eigenvalue weighted by Gasteiger charge is -2.15. The Hall–Kier alpha value is -17.4. The normalized spacial score (nSPS) is 11.7. The lowest BCUT2D eigenvalue weighted by atomic mass is 9.91. The second kappa shape index (κ2) is 30.4. The van der Waals surface area contributed by atoms with E-state index in [1.54, 1.807) is 33.2 Å². The molecule has 11 heterocycles. The van der Waals surface area contributed by atoms with E-state index < -0.39 is 0 Å². The number of oxazole rings is 1. The van der Waals surface area contributed by atoms with Gasteiger partial charge in [-0.15, -0.1) is 21.5 Å². The molecule has 0 bridgehead atoms. The van der Waals surface area contributed by atoms with Crippen LogP contribution in [0.1, 0.15) is 0 Å². The SMILES string of the molecule is c1ccc(-n2c(-c3cc(-c4cn5cccnc5n4)nc(-c4ccc5ccc6cccc7ccc4c5c67)n3)nc3ccccc32)cc1.c1ccc(-n2cc(-c3cc(-c4nc5ccccc5s4)cc(-c4cc5cccnc5c5ncccc45)c3)nn2)cc1.c1ccc(-n2cnc(-c3cc(-c4c5ccccc5cc5ccccc45)cc(-c4nc5ccccc5o4)n3)n2)cc1. The molecule has 15 aromatic carbocycles. The molecule has 26 rings (SSSR count). The molecule has 19 nitrogen and oxygen atoms in total. The minimum absolute atomic E-state index is 0.455. The summed E-state index contributed by atoms with van der Waals surface area (Å²) in [6, 6.07) is 118. The smallest absolute Gasteiger partial charge is 0.246 e. The molecule has 0 fully saturated rings. The van der Waals surface area contributed by atoms with Gasteiger partial charge in [-0.2, -0.15) is 0 Å². The third kappa shape index (κ3) is 13.1. The van der Waals surface area contributed by atoms with Gasteiger partial charge in [0.2, 0.25) is 11.7 Å². The first kappa shape index (κ1) is 72.6. The number of nitrogens with zero attached hydrogens (tertiary/aromatic N) is 18. The van der Waals surface area contributed by atoms with Crippen molar-refractivity contribution in [1.29, 1.82) is 0 Å². The first-order chi connectivity index (χ1) is 62.4. The molecule has 0 spiro atoms. The minimum Gasteiger partial charge on any atom is -0.435 e. The van der Waals surface area contributed by atoms with Gasteiger partial charge in [0.15, 0.2) is 23.1 Å². The maximum absolute atomic E-state index is 6.17. The number of pyridine rings is 3. The van der Waals surface area contributed by atoms with Crippen molar-refractivity contribution < 1.29 is 4.42 Å². The van der Waals surface area contributed by atoms with E-state index >= 15 is 0 Å². The molecule has 20 heteroatoms. The fourth-order valence-electron chi connectivity index (χ4n) is 17.2. The second-order valence-electron chi connectivity index (χ2n) is 30.7. The molecule has 11 aromatic heterocycles. The van der Waals surface area contributed by atoms with E-state index in [-0.39, 0.29) is 0 Å². The predicted octanol–water partition coefficient (Wildman–Crippen LogP) is 24.8. The largest absolute Gasteiger partial charge is 0.435 e. The molecule has 126 heavy (non-hydrogen) atoms. The molecule has 590 valence electrons. The molecule has 0 unspecified atom stereocenters. The molecule has 0 N–H and O–H groups in total. The van der Waals surface area contributed by atoms with E-state index in [9.17, 15) is 0 Å². The Labute approximate surface area is 721 Å². The van der Waals surface area contributed by atoms with Crippen LogP contribution in [0.4, 0.5) is 0 Å². The zero-order valence-electron chi connectivity index (χ0n) is 66.8. The summed E-state index contributed by atoms with van der Waals surface area (Å²) in [5.41, 5.74) is 20.5. The molecule has 26 aromatic rings. The van der Waals surface area contributed by atoms with Gasteiger partial charge in [-0.25, -0.2) is 54.2 Å².